The summed E-state index contributed by atoms with van der Waals surface area (Å²) in [5, 5.41) is 14.4. The molecule has 2 aromatic carbocycles. The Hall–Kier alpha value is -1.91. The van der Waals surface area contributed by atoms with Gasteiger partial charge in [0, 0.05) is 25.2 Å². The first kappa shape index (κ1) is 16.5. The number of rotatable bonds is 4. The van der Waals surface area contributed by atoms with Crippen molar-refractivity contribution in [1.29, 1.82) is 0 Å². The van der Waals surface area contributed by atoms with Gasteiger partial charge in [0.2, 0.25) is 0 Å². The van der Waals surface area contributed by atoms with Gasteiger partial charge in [-0.15, -0.1) is 0 Å². The van der Waals surface area contributed by atoms with Crippen molar-refractivity contribution in [2.75, 3.05) is 28.2 Å². The van der Waals surface area contributed by atoms with Crippen molar-refractivity contribution in [3.05, 3.63) is 52.2 Å². The minimum Gasteiger partial charge on any atom is -0.633 e. The van der Waals surface area contributed by atoms with Crippen LogP contribution in [0.1, 0.15) is 28.4 Å². The van der Waals surface area contributed by atoms with Gasteiger partial charge in [-0.3, -0.25) is 4.79 Å². The maximum absolute atomic E-state index is 12.6. The van der Waals surface area contributed by atoms with Crippen LogP contribution in [-0.2, 0) is 13.0 Å². The standard InChI is InChI=1S/C18H24N2O2/c1-6-13-11-16(18(21)19(2)3)17(12-20(4,5)22)15-10-8-7-9-14(13)15/h7-11H,6,12H2,1-5H3. The summed E-state index contributed by atoms with van der Waals surface area (Å²) in [6, 6.07) is 9.98. The van der Waals surface area contributed by atoms with Crippen LogP contribution in [-0.4, -0.2) is 43.6 Å². The van der Waals surface area contributed by atoms with Gasteiger partial charge < -0.3 is 14.8 Å². The topological polar surface area (TPSA) is 43.4 Å². The zero-order valence-electron chi connectivity index (χ0n) is 14.0. The second kappa shape index (κ2) is 6.07. The third kappa shape index (κ3) is 3.29. The molecule has 0 aromatic heterocycles. The molecule has 0 unspecified atom stereocenters. The number of amides is 1. The van der Waals surface area contributed by atoms with Crippen LogP contribution in [0.3, 0.4) is 0 Å². The number of aryl methyl sites for hydroxylation is 1. The second-order valence-corrected chi connectivity index (χ2v) is 6.39. The maximum Gasteiger partial charge on any atom is 0.253 e. The Labute approximate surface area is 132 Å². The molecule has 2 rings (SSSR count). The molecular weight excluding hydrogens is 276 g/mol. The number of carbonyl (C=O) groups is 1. The van der Waals surface area contributed by atoms with Crippen molar-refractivity contribution >= 4 is 16.7 Å². The molecule has 2 aromatic rings. The SMILES string of the molecule is CCc1cc(C(=O)N(C)C)c(C[N+](C)(C)[O-])c2ccccc12. The van der Waals surface area contributed by atoms with Crippen molar-refractivity contribution < 1.29 is 9.44 Å². The number of hydrogen-bond donors (Lipinski definition) is 0. The summed E-state index contributed by atoms with van der Waals surface area (Å²) in [5.41, 5.74) is 2.62. The van der Waals surface area contributed by atoms with E-state index in [2.05, 4.69) is 13.0 Å². The summed E-state index contributed by atoms with van der Waals surface area (Å²) in [5.74, 6) is -0.0519. The van der Waals surface area contributed by atoms with E-state index in [0.717, 1.165) is 28.3 Å². The Morgan fingerprint density at radius 3 is 2.27 bits per heavy atom. The molecule has 0 saturated carbocycles. The van der Waals surface area contributed by atoms with Crippen LogP contribution in [0.5, 0.6) is 0 Å². The molecule has 4 heteroatoms. The highest BCUT2D eigenvalue weighted by molar-refractivity contribution is 6.02. The predicted octanol–water partition coefficient (Wildman–Crippen LogP) is 3.18. The monoisotopic (exact) mass is 300 g/mol. The van der Waals surface area contributed by atoms with Gasteiger partial charge in [-0.2, -0.15) is 0 Å². The highest BCUT2D eigenvalue weighted by Crippen LogP contribution is 2.29. The van der Waals surface area contributed by atoms with E-state index in [4.69, 9.17) is 0 Å². The number of hydrogen-bond acceptors (Lipinski definition) is 2. The number of fused-ring (bicyclic) bond motifs is 1. The van der Waals surface area contributed by atoms with E-state index in [1.165, 1.54) is 0 Å². The summed E-state index contributed by atoms with van der Waals surface area (Å²) >= 11 is 0. The third-order valence-corrected chi connectivity index (χ3v) is 3.80. The summed E-state index contributed by atoms with van der Waals surface area (Å²) in [6.07, 6.45) is 0.851. The van der Waals surface area contributed by atoms with Gasteiger partial charge >= 0.3 is 0 Å². The van der Waals surface area contributed by atoms with Crippen molar-refractivity contribution in [2.24, 2.45) is 0 Å². The minimum absolute atomic E-state index is 0.0519. The predicted molar refractivity (Wildman–Crippen MR) is 90.5 cm³/mol. The quantitative estimate of drug-likeness (QED) is 0.643. The average molecular weight is 300 g/mol. The van der Waals surface area contributed by atoms with Crippen molar-refractivity contribution in [2.45, 2.75) is 19.9 Å². The number of carbonyl (C=O) groups excluding carboxylic acids is 1. The van der Waals surface area contributed by atoms with Gasteiger partial charge in [0.1, 0.15) is 6.54 Å². The Kier molecular flexibility index (Phi) is 4.54. The Bertz CT molecular complexity index is 700. The Morgan fingerprint density at radius 1 is 1.18 bits per heavy atom. The van der Waals surface area contributed by atoms with E-state index in [9.17, 15) is 10.0 Å². The number of quaternary nitrogens is 1. The van der Waals surface area contributed by atoms with Gasteiger partial charge in [0.15, 0.2) is 0 Å². The van der Waals surface area contributed by atoms with Crippen LogP contribution in [0, 0.1) is 5.21 Å². The number of nitrogens with zero attached hydrogens (tertiary/aromatic N) is 2. The van der Waals surface area contributed by atoms with E-state index in [0.29, 0.717) is 5.56 Å². The Morgan fingerprint density at radius 2 is 1.77 bits per heavy atom. The van der Waals surface area contributed by atoms with Gasteiger partial charge in [-0.25, -0.2) is 0 Å². The molecule has 22 heavy (non-hydrogen) atoms. The van der Waals surface area contributed by atoms with E-state index < -0.39 is 4.65 Å². The number of hydroxylamine groups is 3. The van der Waals surface area contributed by atoms with E-state index in [-0.39, 0.29) is 12.5 Å². The van der Waals surface area contributed by atoms with Crippen LogP contribution in [0.15, 0.2) is 30.3 Å². The van der Waals surface area contributed by atoms with Crippen LogP contribution < -0.4 is 0 Å². The molecular formula is C18H24N2O2. The van der Waals surface area contributed by atoms with Gasteiger partial charge in [-0.05, 0) is 28.8 Å². The first-order valence-electron chi connectivity index (χ1n) is 7.53. The van der Waals surface area contributed by atoms with Crippen molar-refractivity contribution in [3.8, 4) is 0 Å². The molecule has 1 amide bonds. The molecule has 0 radical (unpaired) electrons. The van der Waals surface area contributed by atoms with Crippen LogP contribution in [0.25, 0.3) is 10.8 Å². The van der Waals surface area contributed by atoms with E-state index in [1.807, 2.05) is 24.3 Å². The molecule has 0 N–H and O–H groups in total. The molecule has 4 nitrogen and oxygen atoms in total. The molecule has 0 fully saturated rings. The second-order valence-electron chi connectivity index (χ2n) is 6.39. The number of benzene rings is 2. The first-order valence-corrected chi connectivity index (χ1v) is 7.53. The fourth-order valence-electron chi connectivity index (χ4n) is 2.79. The highest BCUT2D eigenvalue weighted by atomic mass is 16.5. The van der Waals surface area contributed by atoms with Gasteiger partial charge in [-0.1, -0.05) is 31.2 Å². The summed E-state index contributed by atoms with van der Waals surface area (Å²) in [6.45, 7) is 2.36. The molecule has 0 heterocycles. The third-order valence-electron chi connectivity index (χ3n) is 3.80. The van der Waals surface area contributed by atoms with Crippen molar-refractivity contribution in [1.82, 2.24) is 4.90 Å². The normalized spacial score (nSPS) is 11.7. The van der Waals surface area contributed by atoms with E-state index >= 15 is 0 Å². The highest BCUT2D eigenvalue weighted by Gasteiger charge is 2.21. The largest absolute Gasteiger partial charge is 0.633 e. The fraction of sp³-hybridized carbons (Fsp3) is 0.389. The lowest BCUT2D eigenvalue weighted by Crippen LogP contribution is -2.33. The summed E-state index contributed by atoms with van der Waals surface area (Å²) < 4.78 is -0.455. The van der Waals surface area contributed by atoms with Crippen molar-refractivity contribution in [3.63, 3.8) is 0 Å². The molecule has 0 spiro atoms. The average Bonchev–Trinajstić information content (AvgIpc) is 2.45. The molecule has 0 aliphatic rings. The van der Waals surface area contributed by atoms with Crippen LogP contribution in [0.2, 0.25) is 0 Å². The summed E-state index contributed by atoms with van der Waals surface area (Å²) in [4.78, 5) is 14.1. The molecule has 0 aliphatic heterocycles. The summed E-state index contributed by atoms with van der Waals surface area (Å²) in [7, 11) is 6.69. The lowest BCUT2D eigenvalue weighted by Gasteiger charge is -2.35. The van der Waals surface area contributed by atoms with Gasteiger partial charge in [0.25, 0.3) is 5.91 Å². The zero-order valence-corrected chi connectivity index (χ0v) is 14.0. The fourth-order valence-corrected chi connectivity index (χ4v) is 2.79. The zero-order chi connectivity index (χ0) is 16.5. The smallest absolute Gasteiger partial charge is 0.253 e. The molecule has 0 saturated heterocycles. The lowest BCUT2D eigenvalue weighted by molar-refractivity contribution is -0.853. The molecule has 0 aliphatic carbocycles. The van der Waals surface area contributed by atoms with E-state index in [1.54, 1.807) is 33.1 Å². The van der Waals surface area contributed by atoms with Gasteiger partial charge in [0.05, 0.1) is 14.1 Å². The lowest BCUT2D eigenvalue weighted by atomic mass is 9.92. The van der Waals surface area contributed by atoms with Crippen LogP contribution >= 0.6 is 0 Å². The maximum atomic E-state index is 12.6. The molecule has 0 atom stereocenters. The first-order chi connectivity index (χ1) is 10.2. The molecule has 0 bridgehead atoms. The Balaban J connectivity index is 2.80. The van der Waals surface area contributed by atoms with Crippen LogP contribution in [0.4, 0.5) is 0 Å². The minimum atomic E-state index is -0.455. The molecule has 118 valence electrons.